The van der Waals surface area contributed by atoms with E-state index in [2.05, 4.69) is 4.98 Å². The smallest absolute Gasteiger partial charge is 0.417 e. The van der Waals surface area contributed by atoms with Crippen molar-refractivity contribution in [3.63, 3.8) is 0 Å². The topological polar surface area (TPSA) is 57.9 Å². The third-order valence-corrected chi connectivity index (χ3v) is 3.97. The van der Waals surface area contributed by atoms with Gasteiger partial charge in [-0.2, -0.15) is 26.3 Å². The van der Waals surface area contributed by atoms with Gasteiger partial charge in [0.25, 0.3) is 0 Å². The number of alkyl halides is 6. The highest BCUT2D eigenvalue weighted by Crippen LogP contribution is 2.42. The Morgan fingerprint density at radius 1 is 1.04 bits per heavy atom. The molecule has 3 aromatic rings. The van der Waals surface area contributed by atoms with E-state index < -0.39 is 40.8 Å². The standard InChI is InChI=1S/C16H7ClF6N2O2/c17-13-5-11-7(6-24-13)3-12(25(11)14(26)27)9-4-8(15(18,19)20)1-2-10(9)16(21,22)23/h1-6H,(H,26,27)/p-1. The van der Waals surface area contributed by atoms with Crippen molar-refractivity contribution in [2.45, 2.75) is 12.4 Å². The van der Waals surface area contributed by atoms with Gasteiger partial charge in [-0.3, -0.25) is 4.57 Å². The summed E-state index contributed by atoms with van der Waals surface area (Å²) in [6.07, 6.45) is -10.8. The number of pyridine rings is 1. The summed E-state index contributed by atoms with van der Waals surface area (Å²) in [7, 11) is 0. The molecule has 0 aliphatic carbocycles. The van der Waals surface area contributed by atoms with Crippen LogP contribution in [0.3, 0.4) is 0 Å². The fraction of sp³-hybridized carbons (Fsp3) is 0.125. The summed E-state index contributed by atoms with van der Waals surface area (Å²) < 4.78 is 79.3. The summed E-state index contributed by atoms with van der Waals surface area (Å²) in [6.45, 7) is 0. The van der Waals surface area contributed by atoms with Crippen LogP contribution in [0.5, 0.6) is 0 Å². The molecule has 0 radical (unpaired) electrons. The van der Waals surface area contributed by atoms with Crippen LogP contribution in [0.2, 0.25) is 5.15 Å². The highest BCUT2D eigenvalue weighted by molar-refractivity contribution is 6.30. The molecule has 0 atom stereocenters. The van der Waals surface area contributed by atoms with E-state index in [0.717, 1.165) is 18.3 Å². The monoisotopic (exact) mass is 407 g/mol. The molecule has 2 aromatic heterocycles. The molecule has 3 rings (SSSR count). The van der Waals surface area contributed by atoms with Crippen LogP contribution in [-0.4, -0.2) is 15.6 Å². The second-order valence-corrected chi connectivity index (χ2v) is 5.84. The first kappa shape index (κ1) is 19.0. The minimum atomic E-state index is -5.03. The van der Waals surface area contributed by atoms with E-state index in [1.54, 1.807) is 0 Å². The fourth-order valence-corrected chi connectivity index (χ4v) is 2.80. The number of halogens is 7. The summed E-state index contributed by atoms with van der Waals surface area (Å²) in [6, 6.07) is 2.79. The van der Waals surface area contributed by atoms with Crippen LogP contribution in [-0.2, 0) is 12.4 Å². The largest absolute Gasteiger partial charge is 0.529 e. The zero-order valence-corrected chi connectivity index (χ0v) is 13.6. The van der Waals surface area contributed by atoms with Gasteiger partial charge >= 0.3 is 12.4 Å². The van der Waals surface area contributed by atoms with Gasteiger partial charge in [0.2, 0.25) is 0 Å². The Labute approximate surface area is 151 Å². The molecule has 1 aromatic carbocycles. The predicted octanol–water partition coefficient (Wildman–Crippen LogP) is 4.59. The highest BCUT2D eigenvalue weighted by Gasteiger charge is 2.38. The summed E-state index contributed by atoms with van der Waals surface area (Å²) in [4.78, 5) is 15.2. The molecule has 11 heteroatoms. The third kappa shape index (κ3) is 3.44. The Morgan fingerprint density at radius 2 is 1.70 bits per heavy atom. The molecule has 0 saturated carbocycles. The molecule has 0 bridgehead atoms. The van der Waals surface area contributed by atoms with Crippen molar-refractivity contribution in [3.8, 4) is 11.3 Å². The van der Waals surface area contributed by atoms with Crippen LogP contribution in [0.25, 0.3) is 22.2 Å². The van der Waals surface area contributed by atoms with Crippen LogP contribution in [0.15, 0.2) is 36.5 Å². The molecule has 0 fully saturated rings. The Morgan fingerprint density at radius 3 is 2.26 bits per heavy atom. The van der Waals surface area contributed by atoms with Gasteiger partial charge < -0.3 is 9.90 Å². The number of carbonyl (C=O) groups excluding carboxylic acids is 1. The molecule has 0 aliphatic heterocycles. The van der Waals surface area contributed by atoms with Gasteiger partial charge in [0, 0.05) is 23.2 Å². The van der Waals surface area contributed by atoms with Crippen LogP contribution >= 0.6 is 11.6 Å². The quantitative estimate of drug-likeness (QED) is 0.438. The van der Waals surface area contributed by atoms with E-state index in [-0.39, 0.29) is 34.3 Å². The van der Waals surface area contributed by atoms with E-state index in [9.17, 15) is 36.2 Å². The summed E-state index contributed by atoms with van der Waals surface area (Å²) in [5.41, 5.74) is -4.58. The minimum absolute atomic E-state index is 0.0594. The molecular formula is C16H6ClF6N2O2-. The van der Waals surface area contributed by atoms with E-state index in [4.69, 9.17) is 11.6 Å². The highest BCUT2D eigenvalue weighted by atomic mass is 35.5. The molecule has 0 unspecified atom stereocenters. The van der Waals surface area contributed by atoms with Crippen molar-refractivity contribution in [3.05, 3.63) is 52.8 Å². The second-order valence-electron chi connectivity index (χ2n) is 5.45. The number of carbonyl (C=O) groups is 1. The Hall–Kier alpha value is -2.75. The van der Waals surface area contributed by atoms with Crippen LogP contribution in [0.4, 0.5) is 31.1 Å². The maximum absolute atomic E-state index is 13.3. The molecule has 0 N–H and O–H groups in total. The summed E-state index contributed by atoms with van der Waals surface area (Å²) in [5, 5.41) is 11.4. The molecule has 0 amide bonds. The normalized spacial score (nSPS) is 12.6. The van der Waals surface area contributed by atoms with Gasteiger partial charge in [0.05, 0.1) is 22.3 Å². The van der Waals surface area contributed by atoms with Gasteiger partial charge in [-0.05, 0) is 24.3 Å². The van der Waals surface area contributed by atoms with Crippen molar-refractivity contribution in [1.82, 2.24) is 9.55 Å². The lowest BCUT2D eigenvalue weighted by Gasteiger charge is -2.18. The average Bonchev–Trinajstić information content (AvgIpc) is 2.91. The zero-order chi connectivity index (χ0) is 20.1. The number of benzene rings is 1. The summed E-state index contributed by atoms with van der Waals surface area (Å²) in [5.74, 6) is 0. The predicted molar refractivity (Wildman–Crippen MR) is 81.0 cm³/mol. The third-order valence-electron chi connectivity index (χ3n) is 3.76. The molecule has 27 heavy (non-hydrogen) atoms. The molecule has 2 heterocycles. The Bertz CT molecular complexity index is 1060. The van der Waals surface area contributed by atoms with Crippen molar-refractivity contribution < 1.29 is 36.2 Å². The first-order valence-electron chi connectivity index (χ1n) is 7.07. The summed E-state index contributed by atoms with van der Waals surface area (Å²) >= 11 is 5.67. The molecule has 0 saturated heterocycles. The van der Waals surface area contributed by atoms with E-state index >= 15 is 0 Å². The zero-order valence-electron chi connectivity index (χ0n) is 12.8. The number of rotatable bonds is 1. The molecule has 0 aliphatic rings. The van der Waals surface area contributed by atoms with Crippen molar-refractivity contribution in [2.24, 2.45) is 0 Å². The number of fused-ring (bicyclic) bond motifs is 1. The molecule has 4 nitrogen and oxygen atoms in total. The minimum Gasteiger partial charge on any atom is -0.529 e. The molecular weight excluding hydrogens is 402 g/mol. The van der Waals surface area contributed by atoms with E-state index in [1.807, 2.05) is 0 Å². The van der Waals surface area contributed by atoms with Crippen LogP contribution < -0.4 is 5.11 Å². The van der Waals surface area contributed by atoms with E-state index in [0.29, 0.717) is 4.57 Å². The molecule has 142 valence electrons. The van der Waals surface area contributed by atoms with Crippen molar-refractivity contribution in [2.75, 3.05) is 0 Å². The maximum atomic E-state index is 13.3. The first-order chi connectivity index (χ1) is 12.4. The second kappa shape index (κ2) is 6.15. The average molecular weight is 408 g/mol. The molecule has 0 spiro atoms. The van der Waals surface area contributed by atoms with Gasteiger partial charge in [-0.15, -0.1) is 0 Å². The number of aromatic nitrogens is 2. The lowest BCUT2D eigenvalue weighted by molar-refractivity contribution is -0.249. The number of carboxylic acid groups (broad SMARTS) is 1. The van der Waals surface area contributed by atoms with Crippen LogP contribution in [0, 0.1) is 0 Å². The van der Waals surface area contributed by atoms with Gasteiger partial charge in [-0.25, -0.2) is 4.98 Å². The number of hydrogen-bond acceptors (Lipinski definition) is 3. The van der Waals surface area contributed by atoms with Crippen LogP contribution in [0.1, 0.15) is 11.1 Å². The van der Waals surface area contributed by atoms with E-state index in [1.165, 1.54) is 0 Å². The lowest BCUT2D eigenvalue weighted by Crippen LogP contribution is -2.29. The first-order valence-corrected chi connectivity index (χ1v) is 7.44. The van der Waals surface area contributed by atoms with Crippen molar-refractivity contribution in [1.29, 1.82) is 0 Å². The Balaban J connectivity index is 2.42. The van der Waals surface area contributed by atoms with Gasteiger partial charge in [0.15, 0.2) is 0 Å². The Kier molecular flexibility index (Phi) is 4.34. The van der Waals surface area contributed by atoms with Gasteiger partial charge in [0.1, 0.15) is 11.2 Å². The fourth-order valence-electron chi connectivity index (χ4n) is 2.65. The number of nitrogens with zero attached hydrogens (tertiary/aromatic N) is 2. The maximum Gasteiger partial charge on any atom is 0.417 e. The number of hydrogen-bond donors (Lipinski definition) is 0. The lowest BCUT2D eigenvalue weighted by atomic mass is 10.00. The SMILES string of the molecule is O=C([O-])n1c(-c2cc(C(F)(F)F)ccc2C(F)(F)F)cc2cnc(Cl)cc21. The van der Waals surface area contributed by atoms with Gasteiger partial charge in [-0.1, -0.05) is 11.6 Å². The van der Waals surface area contributed by atoms with Crippen molar-refractivity contribution >= 4 is 28.6 Å².